The van der Waals surface area contributed by atoms with Gasteiger partial charge in [-0.15, -0.1) is 0 Å². The van der Waals surface area contributed by atoms with Gasteiger partial charge in [0.15, 0.2) is 30.5 Å². The van der Waals surface area contributed by atoms with Crippen molar-refractivity contribution in [2.75, 3.05) is 24.2 Å². The highest BCUT2D eigenvalue weighted by Gasteiger charge is 2.26. The van der Waals surface area contributed by atoms with Crippen molar-refractivity contribution in [2.45, 2.75) is 32.0 Å². The molecule has 0 bridgehead atoms. The SMILES string of the molecule is CS(=O)(=O)Nc1cccc(C(=O)OCC(=O)O[C@@H](Cc2c(Cl)c[nH+]cc2Cl)c2ccc(OC(F)F)c(OCC3CC3)c2)c1. The van der Waals surface area contributed by atoms with Gasteiger partial charge in [0, 0.05) is 17.7 Å². The first-order valence-electron chi connectivity index (χ1n) is 12.9. The van der Waals surface area contributed by atoms with E-state index in [2.05, 4.69) is 14.4 Å². The van der Waals surface area contributed by atoms with Crippen LogP contribution in [0.2, 0.25) is 10.0 Å². The predicted molar refractivity (Wildman–Crippen MR) is 152 cm³/mol. The largest absolute Gasteiger partial charge is 0.489 e. The fraction of sp³-hybridized carbons (Fsp3) is 0.321. The standard InChI is InChI=1S/C28H26Cl2F2N2O8S/c1-43(37,38)34-19-4-2-3-18(9-19)27(36)40-15-26(35)41-24(11-20-21(29)12-33-13-22(20)30)17-7-8-23(42-28(31)32)25(10-17)39-14-16-5-6-16/h2-4,7-10,12-13,16,24,28,34H,5-6,11,14-15H2,1H3/p+1/t24-/m0/s1. The topological polar surface area (TPSA) is 131 Å². The highest BCUT2D eigenvalue weighted by molar-refractivity contribution is 7.92. The van der Waals surface area contributed by atoms with Crippen molar-refractivity contribution in [2.24, 2.45) is 5.92 Å². The second-order valence-corrected chi connectivity index (χ2v) is 12.2. The molecule has 1 fully saturated rings. The first kappa shape index (κ1) is 32.2. The van der Waals surface area contributed by atoms with Crippen LogP contribution in [0, 0.1) is 5.92 Å². The van der Waals surface area contributed by atoms with Crippen molar-refractivity contribution in [3.05, 3.63) is 81.6 Å². The number of aromatic nitrogens is 1. The Morgan fingerprint density at radius 3 is 2.44 bits per heavy atom. The van der Waals surface area contributed by atoms with Crippen LogP contribution in [0.4, 0.5) is 14.5 Å². The van der Waals surface area contributed by atoms with E-state index in [0.717, 1.165) is 19.1 Å². The van der Waals surface area contributed by atoms with Crippen LogP contribution in [0.5, 0.6) is 11.5 Å². The zero-order valence-corrected chi connectivity index (χ0v) is 25.0. The molecule has 1 heterocycles. The number of nitrogens with one attached hydrogen (secondary N) is 2. The lowest BCUT2D eigenvalue weighted by atomic mass is 10.0. The van der Waals surface area contributed by atoms with Gasteiger partial charge in [-0.25, -0.2) is 23.0 Å². The van der Waals surface area contributed by atoms with E-state index in [1.807, 2.05) is 0 Å². The van der Waals surface area contributed by atoms with Crippen molar-refractivity contribution >= 4 is 50.9 Å². The molecule has 43 heavy (non-hydrogen) atoms. The van der Waals surface area contributed by atoms with E-state index in [0.29, 0.717) is 23.7 Å². The minimum atomic E-state index is -3.59. The van der Waals surface area contributed by atoms with E-state index in [9.17, 15) is 26.8 Å². The molecule has 0 spiro atoms. The fourth-order valence-corrected chi connectivity index (χ4v) is 5.02. The Hall–Kier alpha value is -3.68. The van der Waals surface area contributed by atoms with E-state index in [1.54, 1.807) is 0 Å². The van der Waals surface area contributed by atoms with Gasteiger partial charge in [-0.3, -0.25) is 4.72 Å². The summed E-state index contributed by atoms with van der Waals surface area (Å²) in [4.78, 5) is 28.2. The van der Waals surface area contributed by atoms with Crippen molar-refractivity contribution in [3.63, 3.8) is 0 Å². The average Bonchev–Trinajstić information content (AvgIpc) is 3.76. The predicted octanol–water partition coefficient (Wildman–Crippen LogP) is 5.25. The number of anilines is 1. The van der Waals surface area contributed by atoms with Gasteiger partial charge in [-0.05, 0) is 54.7 Å². The number of esters is 2. The van der Waals surface area contributed by atoms with E-state index in [-0.39, 0.29) is 39.2 Å². The van der Waals surface area contributed by atoms with Crippen molar-refractivity contribution < 1.29 is 50.7 Å². The molecule has 1 saturated carbocycles. The van der Waals surface area contributed by atoms with Crippen molar-refractivity contribution in [1.29, 1.82) is 0 Å². The van der Waals surface area contributed by atoms with Crippen LogP contribution in [0.1, 0.15) is 40.4 Å². The maximum atomic E-state index is 13.0. The number of sulfonamides is 1. The molecule has 0 unspecified atom stereocenters. The summed E-state index contributed by atoms with van der Waals surface area (Å²) < 4.78 is 72.4. The van der Waals surface area contributed by atoms with Crippen LogP contribution < -0.4 is 19.2 Å². The van der Waals surface area contributed by atoms with E-state index in [4.69, 9.17) is 37.4 Å². The van der Waals surface area contributed by atoms with Gasteiger partial charge in [-0.1, -0.05) is 35.3 Å². The number of hydrogen-bond acceptors (Lipinski definition) is 8. The number of alkyl halides is 2. The molecule has 1 atom stereocenters. The lowest BCUT2D eigenvalue weighted by Crippen LogP contribution is -2.21. The van der Waals surface area contributed by atoms with Gasteiger partial charge in [0.1, 0.15) is 16.1 Å². The van der Waals surface area contributed by atoms with Gasteiger partial charge in [-0.2, -0.15) is 8.78 Å². The molecule has 230 valence electrons. The summed E-state index contributed by atoms with van der Waals surface area (Å²) in [6, 6.07) is 9.66. The summed E-state index contributed by atoms with van der Waals surface area (Å²) in [6.07, 6.45) is 4.77. The van der Waals surface area contributed by atoms with E-state index >= 15 is 0 Å². The molecule has 3 aromatic rings. The zero-order valence-electron chi connectivity index (χ0n) is 22.6. The first-order valence-corrected chi connectivity index (χ1v) is 15.5. The summed E-state index contributed by atoms with van der Waals surface area (Å²) >= 11 is 12.7. The van der Waals surface area contributed by atoms with Crippen LogP contribution in [0.15, 0.2) is 54.9 Å². The molecule has 4 rings (SSSR count). The molecule has 2 aromatic carbocycles. The molecular formula is C28H27Cl2F2N2O8S+. The molecular weight excluding hydrogens is 633 g/mol. The summed E-state index contributed by atoms with van der Waals surface area (Å²) in [7, 11) is -3.59. The summed E-state index contributed by atoms with van der Waals surface area (Å²) in [5.41, 5.74) is 0.906. The Balaban J connectivity index is 1.53. The second kappa shape index (κ2) is 14.2. The molecule has 0 saturated heterocycles. The number of hydrogen-bond donors (Lipinski definition) is 1. The Bertz CT molecular complexity index is 1570. The zero-order chi connectivity index (χ0) is 31.1. The summed E-state index contributed by atoms with van der Waals surface area (Å²) in [5.74, 6) is -1.67. The number of ether oxygens (including phenoxy) is 4. The molecule has 15 heteroatoms. The summed E-state index contributed by atoms with van der Waals surface area (Å²) in [5, 5.41) is 0.510. The first-order chi connectivity index (χ1) is 20.4. The van der Waals surface area contributed by atoms with Crippen LogP contribution in [-0.4, -0.2) is 46.4 Å². The number of pyridine rings is 1. The number of aromatic amines is 1. The number of halogens is 4. The highest BCUT2D eigenvalue weighted by Crippen LogP contribution is 2.37. The lowest BCUT2D eigenvalue weighted by molar-refractivity contribution is -0.377. The molecule has 0 aliphatic heterocycles. The van der Waals surface area contributed by atoms with Crippen LogP contribution in [0.3, 0.4) is 0 Å². The minimum absolute atomic E-state index is 0.0100. The Morgan fingerprint density at radius 1 is 1.07 bits per heavy atom. The van der Waals surface area contributed by atoms with Crippen LogP contribution in [-0.2, 0) is 30.7 Å². The maximum Gasteiger partial charge on any atom is 0.387 e. The molecule has 1 aliphatic carbocycles. The monoisotopic (exact) mass is 659 g/mol. The fourth-order valence-electron chi connectivity index (χ4n) is 3.93. The smallest absolute Gasteiger partial charge is 0.387 e. The molecule has 1 aromatic heterocycles. The van der Waals surface area contributed by atoms with Crippen molar-refractivity contribution in [3.8, 4) is 11.5 Å². The quantitative estimate of drug-likeness (QED) is 0.232. The van der Waals surface area contributed by atoms with Crippen LogP contribution in [0.25, 0.3) is 0 Å². The molecule has 2 N–H and O–H groups in total. The van der Waals surface area contributed by atoms with Gasteiger partial charge in [0.2, 0.25) is 10.0 Å². The number of carbonyl (C=O) groups is 2. The van der Waals surface area contributed by atoms with Gasteiger partial charge in [0.25, 0.3) is 0 Å². The van der Waals surface area contributed by atoms with E-state index in [1.165, 1.54) is 54.9 Å². The Morgan fingerprint density at radius 2 is 1.79 bits per heavy atom. The van der Waals surface area contributed by atoms with Gasteiger partial charge in [0.05, 0.1) is 18.4 Å². The maximum absolute atomic E-state index is 13.0. The molecule has 10 nitrogen and oxygen atoms in total. The minimum Gasteiger partial charge on any atom is -0.489 e. The Kier molecular flexibility index (Phi) is 10.6. The Labute approximate surface area is 256 Å². The van der Waals surface area contributed by atoms with Crippen LogP contribution >= 0.6 is 23.2 Å². The third-order valence-corrected chi connectivity index (χ3v) is 7.39. The normalized spacial score (nSPS) is 13.7. The number of rotatable bonds is 14. The average molecular weight is 660 g/mol. The number of carbonyl (C=O) groups excluding carboxylic acids is 2. The van der Waals surface area contributed by atoms with Crippen molar-refractivity contribution in [1.82, 2.24) is 0 Å². The highest BCUT2D eigenvalue weighted by atomic mass is 35.5. The lowest BCUT2D eigenvalue weighted by Gasteiger charge is -2.21. The number of H-pyrrole nitrogens is 1. The van der Waals surface area contributed by atoms with Gasteiger partial charge < -0.3 is 18.9 Å². The summed E-state index contributed by atoms with van der Waals surface area (Å²) in [6.45, 7) is -3.57. The van der Waals surface area contributed by atoms with Gasteiger partial charge >= 0.3 is 18.6 Å². The van der Waals surface area contributed by atoms with E-state index < -0.39 is 41.3 Å². The number of benzene rings is 2. The molecule has 1 aliphatic rings. The third-order valence-electron chi connectivity index (χ3n) is 6.11. The third kappa shape index (κ3) is 9.94. The molecule has 0 radical (unpaired) electrons. The molecule has 0 amide bonds. The second-order valence-electron chi connectivity index (χ2n) is 9.68.